The molecule has 0 atom stereocenters. The van der Waals surface area contributed by atoms with Gasteiger partial charge in [-0.25, -0.2) is 12.8 Å². The van der Waals surface area contributed by atoms with E-state index >= 15 is 0 Å². The number of nitrogens with zero attached hydrogens (tertiary/aromatic N) is 1. The number of hydrogen-bond donors (Lipinski definition) is 1. The van der Waals surface area contributed by atoms with Crippen molar-refractivity contribution in [2.24, 2.45) is 5.73 Å². The fraction of sp³-hybridized carbons (Fsp3) is 0.455. The van der Waals surface area contributed by atoms with Crippen LogP contribution in [0.5, 0.6) is 0 Å². The standard InChI is InChI=1S/C11H17FN2O2S/c1-3-14(17(15,16)4-2)11-6-5-10(12)7-9(11)8-13/h5-7H,3-4,8,13H2,1-2H3. The van der Waals surface area contributed by atoms with Gasteiger partial charge in [-0.2, -0.15) is 0 Å². The molecule has 1 rings (SSSR count). The van der Waals surface area contributed by atoms with Crippen LogP contribution in [-0.2, 0) is 16.6 Å². The number of benzene rings is 1. The average Bonchev–Trinajstić information content (AvgIpc) is 2.31. The molecule has 0 fully saturated rings. The molecule has 17 heavy (non-hydrogen) atoms. The molecule has 2 N–H and O–H groups in total. The molecule has 96 valence electrons. The zero-order valence-corrected chi connectivity index (χ0v) is 10.8. The van der Waals surface area contributed by atoms with Crippen LogP contribution in [0.2, 0.25) is 0 Å². The zero-order chi connectivity index (χ0) is 13.1. The van der Waals surface area contributed by atoms with Gasteiger partial charge in [0.05, 0.1) is 11.4 Å². The molecule has 0 aliphatic rings. The van der Waals surface area contributed by atoms with Crippen molar-refractivity contribution >= 4 is 15.7 Å². The minimum atomic E-state index is -3.35. The molecule has 0 unspecified atom stereocenters. The number of sulfonamides is 1. The summed E-state index contributed by atoms with van der Waals surface area (Å²) in [5.74, 6) is -0.415. The van der Waals surface area contributed by atoms with Crippen molar-refractivity contribution < 1.29 is 12.8 Å². The molecule has 0 bridgehead atoms. The van der Waals surface area contributed by atoms with E-state index in [-0.39, 0.29) is 12.3 Å². The third kappa shape index (κ3) is 2.95. The van der Waals surface area contributed by atoms with Gasteiger partial charge in [0.25, 0.3) is 0 Å². The summed E-state index contributed by atoms with van der Waals surface area (Å²) in [7, 11) is -3.35. The highest BCUT2D eigenvalue weighted by Gasteiger charge is 2.21. The van der Waals surface area contributed by atoms with Gasteiger partial charge < -0.3 is 5.73 Å². The summed E-state index contributed by atoms with van der Waals surface area (Å²) in [5.41, 5.74) is 6.46. The molecule has 0 aromatic heterocycles. The maximum Gasteiger partial charge on any atom is 0.234 e. The van der Waals surface area contributed by atoms with Gasteiger partial charge in [-0.1, -0.05) is 0 Å². The predicted octanol–water partition coefficient (Wildman–Crippen LogP) is 1.46. The molecule has 1 aromatic rings. The predicted molar refractivity (Wildman–Crippen MR) is 66.8 cm³/mol. The lowest BCUT2D eigenvalue weighted by Gasteiger charge is -2.24. The van der Waals surface area contributed by atoms with E-state index in [0.29, 0.717) is 17.8 Å². The quantitative estimate of drug-likeness (QED) is 0.871. The zero-order valence-electron chi connectivity index (χ0n) is 9.98. The van der Waals surface area contributed by atoms with Gasteiger partial charge >= 0.3 is 0 Å². The first kappa shape index (κ1) is 13.9. The van der Waals surface area contributed by atoms with Crippen LogP contribution in [0.4, 0.5) is 10.1 Å². The number of hydrogen-bond acceptors (Lipinski definition) is 3. The Morgan fingerprint density at radius 1 is 1.35 bits per heavy atom. The molecule has 0 amide bonds. The number of anilines is 1. The summed E-state index contributed by atoms with van der Waals surface area (Å²) >= 11 is 0. The van der Waals surface area contributed by atoms with E-state index < -0.39 is 15.8 Å². The Hall–Kier alpha value is -1.14. The van der Waals surface area contributed by atoms with Crippen molar-refractivity contribution in [3.63, 3.8) is 0 Å². The summed E-state index contributed by atoms with van der Waals surface area (Å²) in [6.45, 7) is 3.71. The number of rotatable bonds is 5. The Kier molecular flexibility index (Phi) is 4.47. The van der Waals surface area contributed by atoms with E-state index in [4.69, 9.17) is 5.73 Å². The summed E-state index contributed by atoms with van der Waals surface area (Å²) < 4.78 is 38.1. The van der Waals surface area contributed by atoms with E-state index in [2.05, 4.69) is 0 Å². The Morgan fingerprint density at radius 3 is 2.47 bits per heavy atom. The lowest BCUT2D eigenvalue weighted by atomic mass is 10.1. The summed E-state index contributed by atoms with van der Waals surface area (Å²) in [6, 6.07) is 3.96. The average molecular weight is 260 g/mol. The molecule has 1 aromatic carbocycles. The highest BCUT2D eigenvalue weighted by Crippen LogP contribution is 2.24. The Balaban J connectivity index is 3.30. The fourth-order valence-corrected chi connectivity index (χ4v) is 2.82. The minimum Gasteiger partial charge on any atom is -0.326 e. The topological polar surface area (TPSA) is 63.4 Å². The Bertz CT molecular complexity index is 488. The van der Waals surface area contributed by atoms with Gasteiger partial charge in [0.2, 0.25) is 10.0 Å². The molecule has 0 radical (unpaired) electrons. The van der Waals surface area contributed by atoms with Crippen LogP contribution in [0.15, 0.2) is 18.2 Å². The molecular weight excluding hydrogens is 243 g/mol. The second-order valence-electron chi connectivity index (χ2n) is 3.54. The van der Waals surface area contributed by atoms with E-state index in [1.54, 1.807) is 13.8 Å². The highest BCUT2D eigenvalue weighted by molar-refractivity contribution is 7.92. The first-order chi connectivity index (χ1) is 7.96. The monoisotopic (exact) mass is 260 g/mol. The fourth-order valence-electron chi connectivity index (χ4n) is 1.63. The van der Waals surface area contributed by atoms with E-state index in [1.165, 1.54) is 22.5 Å². The van der Waals surface area contributed by atoms with Crippen LogP contribution in [0, 0.1) is 5.82 Å². The van der Waals surface area contributed by atoms with Gasteiger partial charge in [0, 0.05) is 13.1 Å². The second-order valence-corrected chi connectivity index (χ2v) is 5.72. The first-order valence-corrected chi connectivity index (χ1v) is 7.06. The third-order valence-corrected chi connectivity index (χ3v) is 4.37. The maximum atomic E-state index is 13.1. The number of nitrogens with two attached hydrogens (primary N) is 1. The van der Waals surface area contributed by atoms with E-state index in [0.717, 1.165) is 0 Å². The van der Waals surface area contributed by atoms with Gasteiger partial charge in [-0.15, -0.1) is 0 Å². The van der Waals surface area contributed by atoms with Gasteiger partial charge in [0.15, 0.2) is 0 Å². The lowest BCUT2D eigenvalue weighted by molar-refractivity contribution is 0.592. The molecule has 0 saturated carbocycles. The molecular formula is C11H17FN2O2S. The van der Waals surface area contributed by atoms with Crippen LogP contribution < -0.4 is 10.0 Å². The smallest absolute Gasteiger partial charge is 0.234 e. The molecule has 0 heterocycles. The van der Waals surface area contributed by atoms with Crippen molar-refractivity contribution in [1.82, 2.24) is 0 Å². The molecule has 0 aliphatic carbocycles. The summed E-state index contributed by atoms with van der Waals surface area (Å²) in [5, 5.41) is 0. The number of halogens is 1. The van der Waals surface area contributed by atoms with Crippen molar-refractivity contribution in [3.05, 3.63) is 29.6 Å². The molecule has 0 saturated heterocycles. The third-order valence-electron chi connectivity index (χ3n) is 2.52. The van der Waals surface area contributed by atoms with Gasteiger partial charge in [-0.05, 0) is 37.6 Å². The van der Waals surface area contributed by atoms with Gasteiger partial charge in [-0.3, -0.25) is 4.31 Å². The Labute approximate surface area is 101 Å². The molecule has 0 aliphatic heterocycles. The first-order valence-electron chi connectivity index (χ1n) is 5.45. The van der Waals surface area contributed by atoms with Crippen LogP contribution in [0.25, 0.3) is 0 Å². The molecule has 6 heteroatoms. The van der Waals surface area contributed by atoms with Crippen LogP contribution in [0.1, 0.15) is 19.4 Å². The SMILES string of the molecule is CCN(c1ccc(F)cc1CN)S(=O)(=O)CC. The van der Waals surface area contributed by atoms with Crippen molar-refractivity contribution in [3.8, 4) is 0 Å². The van der Waals surface area contributed by atoms with Crippen molar-refractivity contribution in [2.45, 2.75) is 20.4 Å². The van der Waals surface area contributed by atoms with E-state index in [1.807, 2.05) is 0 Å². The second kappa shape index (κ2) is 5.46. The van der Waals surface area contributed by atoms with Crippen LogP contribution in [0.3, 0.4) is 0 Å². The van der Waals surface area contributed by atoms with Crippen LogP contribution >= 0.6 is 0 Å². The normalized spacial score (nSPS) is 11.5. The molecule has 4 nitrogen and oxygen atoms in total. The van der Waals surface area contributed by atoms with Crippen molar-refractivity contribution in [2.75, 3.05) is 16.6 Å². The van der Waals surface area contributed by atoms with Crippen molar-refractivity contribution in [1.29, 1.82) is 0 Å². The largest absolute Gasteiger partial charge is 0.326 e. The Morgan fingerprint density at radius 2 is 2.00 bits per heavy atom. The highest BCUT2D eigenvalue weighted by atomic mass is 32.2. The maximum absolute atomic E-state index is 13.1. The lowest BCUT2D eigenvalue weighted by Crippen LogP contribution is -2.33. The van der Waals surface area contributed by atoms with Crippen LogP contribution in [-0.4, -0.2) is 20.7 Å². The summed E-state index contributed by atoms with van der Waals surface area (Å²) in [6.07, 6.45) is 0. The minimum absolute atomic E-state index is 0.00221. The molecule has 0 spiro atoms. The van der Waals surface area contributed by atoms with E-state index in [9.17, 15) is 12.8 Å². The van der Waals surface area contributed by atoms with Gasteiger partial charge in [0.1, 0.15) is 5.82 Å². The summed E-state index contributed by atoms with van der Waals surface area (Å²) in [4.78, 5) is 0.